The molecule has 0 unspecified atom stereocenters. The molecule has 2 N–H and O–H groups in total. The summed E-state index contributed by atoms with van der Waals surface area (Å²) in [6.45, 7) is 3.45. The Bertz CT molecular complexity index is 455. The molecule has 1 rings (SSSR count). The molecule has 0 radical (unpaired) electrons. The largest absolute Gasteiger partial charge is 0.349 e. The predicted octanol–water partition coefficient (Wildman–Crippen LogP) is 0.964. The molecule has 0 aliphatic rings. The molecule has 0 spiro atoms. The highest BCUT2D eigenvalue weighted by Crippen LogP contribution is 2.15. The van der Waals surface area contributed by atoms with E-state index in [9.17, 15) is 14.4 Å². The Morgan fingerprint density at radius 1 is 1.18 bits per heavy atom. The van der Waals surface area contributed by atoms with Crippen molar-refractivity contribution in [3.05, 3.63) is 29.8 Å². The molecule has 0 heterocycles. The minimum Gasteiger partial charge on any atom is -0.349 e. The molecule has 0 atom stereocenters. The summed E-state index contributed by atoms with van der Waals surface area (Å²) < 4.78 is 0. The zero-order chi connectivity index (χ0) is 12.8. The minimum absolute atomic E-state index is 0.189. The predicted molar refractivity (Wildman–Crippen MR) is 63.8 cm³/mol. The third-order valence-electron chi connectivity index (χ3n) is 2.03. The molecule has 5 nitrogen and oxygen atoms in total. The summed E-state index contributed by atoms with van der Waals surface area (Å²) in [6, 6.07) is 6.40. The summed E-state index contributed by atoms with van der Waals surface area (Å²) in [7, 11) is 0. The van der Waals surface area contributed by atoms with Crippen molar-refractivity contribution in [3.63, 3.8) is 0 Å². The fourth-order valence-corrected chi connectivity index (χ4v) is 1.34. The lowest BCUT2D eigenvalue weighted by Gasteiger charge is -2.08. The molecule has 90 valence electrons. The van der Waals surface area contributed by atoms with Crippen molar-refractivity contribution in [2.75, 3.05) is 11.9 Å². The van der Waals surface area contributed by atoms with Crippen LogP contribution >= 0.6 is 0 Å². The van der Waals surface area contributed by atoms with Crippen molar-refractivity contribution in [3.8, 4) is 0 Å². The average Bonchev–Trinajstić information content (AvgIpc) is 2.28. The normalized spacial score (nSPS) is 9.53. The molecular weight excluding hydrogens is 220 g/mol. The maximum Gasteiger partial charge on any atom is 0.292 e. The van der Waals surface area contributed by atoms with Crippen LogP contribution in [0.5, 0.6) is 0 Å². The first kappa shape index (κ1) is 12.9. The van der Waals surface area contributed by atoms with Crippen LogP contribution in [-0.4, -0.2) is 24.1 Å². The summed E-state index contributed by atoms with van der Waals surface area (Å²) in [5.74, 6) is -1.62. The molecule has 0 aromatic heterocycles. The number of hydrogen-bond donors (Lipinski definition) is 2. The van der Waals surface area contributed by atoms with E-state index >= 15 is 0 Å². The maximum atomic E-state index is 11.8. The van der Waals surface area contributed by atoms with Crippen LogP contribution in [0.1, 0.15) is 24.2 Å². The summed E-state index contributed by atoms with van der Waals surface area (Å²) in [5.41, 5.74) is 0.532. The van der Waals surface area contributed by atoms with Gasteiger partial charge in [-0.15, -0.1) is 0 Å². The van der Waals surface area contributed by atoms with Gasteiger partial charge in [0.05, 0.1) is 11.3 Å². The van der Waals surface area contributed by atoms with Gasteiger partial charge in [-0.3, -0.25) is 14.4 Å². The molecule has 1 aromatic rings. The number of carbonyl (C=O) groups is 3. The first-order chi connectivity index (χ1) is 8.06. The lowest BCUT2D eigenvalue weighted by Crippen LogP contribution is -2.31. The first-order valence-electron chi connectivity index (χ1n) is 5.25. The third-order valence-corrected chi connectivity index (χ3v) is 2.03. The summed E-state index contributed by atoms with van der Waals surface area (Å²) in [6.07, 6.45) is 0. The number of ketones is 1. The summed E-state index contributed by atoms with van der Waals surface area (Å²) in [5, 5.41) is 4.93. The number of likely N-dealkylation sites (N-methyl/N-ethyl adjacent to an activating group) is 1. The second-order valence-corrected chi connectivity index (χ2v) is 3.42. The van der Waals surface area contributed by atoms with Gasteiger partial charge in [-0.2, -0.15) is 0 Å². The van der Waals surface area contributed by atoms with E-state index in [0.717, 1.165) is 0 Å². The van der Waals surface area contributed by atoms with Gasteiger partial charge in [0, 0.05) is 13.5 Å². The number of amides is 2. The Hall–Kier alpha value is -2.17. The van der Waals surface area contributed by atoms with E-state index in [1.54, 1.807) is 25.1 Å². The van der Waals surface area contributed by atoms with Gasteiger partial charge in [-0.25, -0.2) is 0 Å². The molecule has 0 aliphatic heterocycles. The number of para-hydroxylation sites is 1. The SMILES string of the molecule is CCNC(=O)C(=O)c1ccccc1NC(C)=O. The van der Waals surface area contributed by atoms with E-state index in [1.165, 1.54) is 13.0 Å². The highest BCUT2D eigenvalue weighted by Gasteiger charge is 2.18. The zero-order valence-corrected chi connectivity index (χ0v) is 9.74. The number of nitrogens with one attached hydrogen (secondary N) is 2. The smallest absolute Gasteiger partial charge is 0.292 e. The summed E-state index contributed by atoms with van der Waals surface area (Å²) >= 11 is 0. The van der Waals surface area contributed by atoms with E-state index in [0.29, 0.717) is 12.2 Å². The Balaban J connectivity index is 3.00. The van der Waals surface area contributed by atoms with Crippen LogP contribution in [0, 0.1) is 0 Å². The van der Waals surface area contributed by atoms with E-state index < -0.39 is 11.7 Å². The number of hydrogen-bond acceptors (Lipinski definition) is 3. The average molecular weight is 234 g/mol. The molecule has 0 aliphatic carbocycles. The molecular formula is C12H14N2O3. The van der Waals surface area contributed by atoms with Gasteiger partial charge >= 0.3 is 0 Å². The Morgan fingerprint density at radius 3 is 2.41 bits per heavy atom. The molecule has 5 heteroatoms. The first-order valence-corrected chi connectivity index (χ1v) is 5.25. The van der Waals surface area contributed by atoms with E-state index in [2.05, 4.69) is 10.6 Å². The Labute approximate surface area is 99.2 Å². The molecule has 2 amide bonds. The van der Waals surface area contributed by atoms with Gasteiger partial charge in [0.2, 0.25) is 5.91 Å². The van der Waals surface area contributed by atoms with Crippen molar-refractivity contribution in [2.45, 2.75) is 13.8 Å². The minimum atomic E-state index is -0.676. The zero-order valence-electron chi connectivity index (χ0n) is 9.74. The highest BCUT2D eigenvalue weighted by atomic mass is 16.2. The fraction of sp³-hybridized carbons (Fsp3) is 0.250. The van der Waals surface area contributed by atoms with Crippen LogP contribution in [0.2, 0.25) is 0 Å². The van der Waals surface area contributed by atoms with Crippen LogP contribution in [0.3, 0.4) is 0 Å². The number of carbonyl (C=O) groups excluding carboxylic acids is 3. The van der Waals surface area contributed by atoms with Crippen molar-refractivity contribution >= 4 is 23.3 Å². The molecule has 0 saturated carbocycles. The van der Waals surface area contributed by atoms with E-state index in [1.807, 2.05) is 0 Å². The van der Waals surface area contributed by atoms with Gasteiger partial charge in [0.1, 0.15) is 0 Å². The van der Waals surface area contributed by atoms with Crippen LogP contribution < -0.4 is 10.6 Å². The third kappa shape index (κ3) is 3.41. The Kier molecular flexibility index (Phi) is 4.39. The van der Waals surface area contributed by atoms with E-state index in [4.69, 9.17) is 0 Å². The number of anilines is 1. The summed E-state index contributed by atoms with van der Waals surface area (Å²) in [4.78, 5) is 34.1. The molecule has 0 bridgehead atoms. The second-order valence-electron chi connectivity index (χ2n) is 3.42. The van der Waals surface area contributed by atoms with Gasteiger partial charge in [0.15, 0.2) is 0 Å². The topological polar surface area (TPSA) is 75.3 Å². The van der Waals surface area contributed by atoms with Crippen molar-refractivity contribution in [1.82, 2.24) is 5.32 Å². The number of rotatable bonds is 4. The van der Waals surface area contributed by atoms with Gasteiger partial charge < -0.3 is 10.6 Å². The molecule has 17 heavy (non-hydrogen) atoms. The van der Waals surface area contributed by atoms with Crippen molar-refractivity contribution in [2.24, 2.45) is 0 Å². The quantitative estimate of drug-likeness (QED) is 0.602. The molecule has 0 saturated heterocycles. The fourth-order valence-electron chi connectivity index (χ4n) is 1.34. The van der Waals surface area contributed by atoms with E-state index in [-0.39, 0.29) is 11.5 Å². The molecule has 1 aromatic carbocycles. The highest BCUT2D eigenvalue weighted by molar-refractivity contribution is 6.44. The number of benzene rings is 1. The van der Waals surface area contributed by atoms with Crippen LogP contribution in [0.25, 0.3) is 0 Å². The monoisotopic (exact) mass is 234 g/mol. The lowest BCUT2D eigenvalue weighted by atomic mass is 10.1. The molecule has 0 fully saturated rings. The Morgan fingerprint density at radius 2 is 1.82 bits per heavy atom. The standard InChI is InChI=1S/C12H14N2O3/c1-3-13-12(17)11(16)9-6-4-5-7-10(9)14-8(2)15/h4-7H,3H2,1-2H3,(H,13,17)(H,14,15). The van der Waals surface area contributed by atoms with Gasteiger partial charge in [-0.05, 0) is 19.1 Å². The van der Waals surface area contributed by atoms with Crippen LogP contribution in [0.15, 0.2) is 24.3 Å². The maximum absolute atomic E-state index is 11.8. The second kappa shape index (κ2) is 5.79. The van der Waals surface area contributed by atoms with Crippen LogP contribution in [-0.2, 0) is 9.59 Å². The lowest BCUT2D eigenvalue weighted by molar-refractivity contribution is -0.117. The van der Waals surface area contributed by atoms with Gasteiger partial charge in [-0.1, -0.05) is 12.1 Å². The van der Waals surface area contributed by atoms with Crippen molar-refractivity contribution in [1.29, 1.82) is 0 Å². The van der Waals surface area contributed by atoms with Gasteiger partial charge in [0.25, 0.3) is 11.7 Å². The van der Waals surface area contributed by atoms with Crippen molar-refractivity contribution < 1.29 is 14.4 Å². The number of Topliss-reactive ketones (excluding diaryl/α,β-unsaturated/α-hetero) is 1. The van der Waals surface area contributed by atoms with Crippen LogP contribution in [0.4, 0.5) is 5.69 Å².